The second-order valence-corrected chi connectivity index (χ2v) is 5.73. The lowest BCUT2D eigenvalue weighted by Gasteiger charge is -2.18. The lowest BCUT2D eigenvalue weighted by molar-refractivity contribution is 0.251. The second-order valence-electron chi connectivity index (χ2n) is 5.73. The molecule has 1 aromatic carbocycles. The molecule has 1 aromatic rings. The maximum atomic E-state index is 9.13. The maximum Gasteiger partial charge on any atom is 0.191 e. The molecule has 1 rings (SSSR count). The minimum absolute atomic E-state index is 0.253. The topological polar surface area (TPSA) is 56.6 Å². The van der Waals surface area contributed by atoms with Gasteiger partial charge in [0.15, 0.2) is 5.96 Å². The molecule has 4 heteroatoms. The zero-order valence-electron chi connectivity index (χ0n) is 14.2. The molecule has 22 heavy (non-hydrogen) atoms. The van der Waals surface area contributed by atoms with E-state index in [0.717, 1.165) is 38.3 Å². The number of guanidine groups is 1. The summed E-state index contributed by atoms with van der Waals surface area (Å²) in [4.78, 5) is 4.64. The Balaban J connectivity index is 2.55. The van der Waals surface area contributed by atoms with Crippen molar-refractivity contribution in [3.05, 3.63) is 35.4 Å². The summed E-state index contributed by atoms with van der Waals surface area (Å²) in [6, 6.07) is 8.47. The van der Waals surface area contributed by atoms with Gasteiger partial charge in [0.2, 0.25) is 0 Å². The molecule has 0 aliphatic carbocycles. The lowest BCUT2D eigenvalue weighted by Crippen LogP contribution is -2.40. The molecule has 0 amide bonds. The van der Waals surface area contributed by atoms with Gasteiger partial charge in [-0.3, -0.25) is 0 Å². The Bertz CT molecular complexity index is 422. The third-order valence-electron chi connectivity index (χ3n) is 3.68. The molecule has 0 aromatic heterocycles. The normalized spacial score (nSPS) is 13.0. The van der Waals surface area contributed by atoms with Gasteiger partial charge in [-0.1, -0.05) is 43.2 Å². The Morgan fingerprint density at radius 3 is 2.45 bits per heavy atom. The number of hydrogen-bond donors (Lipinski definition) is 3. The van der Waals surface area contributed by atoms with E-state index in [9.17, 15) is 0 Å². The fourth-order valence-corrected chi connectivity index (χ4v) is 2.39. The third kappa shape index (κ3) is 7.46. The van der Waals surface area contributed by atoms with Crippen LogP contribution >= 0.6 is 0 Å². The number of nitrogens with zero attached hydrogens (tertiary/aromatic N) is 1. The Morgan fingerprint density at radius 1 is 1.14 bits per heavy atom. The molecule has 0 fully saturated rings. The van der Waals surface area contributed by atoms with Crippen LogP contribution in [-0.2, 0) is 6.54 Å². The Kier molecular flexibility index (Phi) is 9.31. The van der Waals surface area contributed by atoms with Gasteiger partial charge in [-0.25, -0.2) is 4.99 Å². The van der Waals surface area contributed by atoms with Crippen molar-refractivity contribution in [2.75, 3.05) is 19.7 Å². The molecule has 4 nitrogen and oxygen atoms in total. The highest BCUT2D eigenvalue weighted by Crippen LogP contribution is 2.09. The average Bonchev–Trinajstić information content (AvgIpc) is 2.52. The smallest absolute Gasteiger partial charge is 0.191 e. The van der Waals surface area contributed by atoms with E-state index in [4.69, 9.17) is 5.11 Å². The van der Waals surface area contributed by atoms with Gasteiger partial charge in [0.05, 0.1) is 6.54 Å². The van der Waals surface area contributed by atoms with Crippen LogP contribution in [0.5, 0.6) is 0 Å². The Hall–Kier alpha value is -1.55. The van der Waals surface area contributed by atoms with Crippen molar-refractivity contribution in [2.24, 2.45) is 10.9 Å². The zero-order chi connectivity index (χ0) is 16.2. The molecule has 0 heterocycles. The monoisotopic (exact) mass is 305 g/mol. The average molecular weight is 305 g/mol. The van der Waals surface area contributed by atoms with Crippen molar-refractivity contribution in [1.29, 1.82) is 0 Å². The van der Waals surface area contributed by atoms with Crippen LogP contribution in [0.2, 0.25) is 0 Å². The number of aliphatic hydroxyl groups excluding tert-OH is 1. The highest BCUT2D eigenvalue weighted by atomic mass is 16.3. The lowest BCUT2D eigenvalue weighted by atomic mass is 10.0. The third-order valence-corrected chi connectivity index (χ3v) is 3.68. The highest BCUT2D eigenvalue weighted by Gasteiger charge is 2.08. The van der Waals surface area contributed by atoms with Gasteiger partial charge in [-0.2, -0.15) is 0 Å². The fraction of sp³-hybridized carbons (Fsp3) is 0.611. The molecule has 124 valence electrons. The minimum Gasteiger partial charge on any atom is -0.396 e. The SMILES string of the molecule is CCCC(CCO)CNC(=NCc1ccc(C)cc1)NCC. The summed E-state index contributed by atoms with van der Waals surface area (Å²) in [5.74, 6) is 1.35. The quantitative estimate of drug-likeness (QED) is 0.486. The summed E-state index contributed by atoms with van der Waals surface area (Å²) in [7, 11) is 0. The summed E-state index contributed by atoms with van der Waals surface area (Å²) >= 11 is 0. The first-order valence-corrected chi connectivity index (χ1v) is 8.38. The van der Waals surface area contributed by atoms with Crippen LogP contribution in [0.3, 0.4) is 0 Å². The van der Waals surface area contributed by atoms with E-state index in [1.54, 1.807) is 0 Å². The number of benzene rings is 1. The predicted octanol–water partition coefficient (Wildman–Crippen LogP) is 2.85. The molecular weight excluding hydrogens is 274 g/mol. The van der Waals surface area contributed by atoms with Gasteiger partial charge < -0.3 is 15.7 Å². The number of aryl methyl sites for hydroxylation is 1. The summed E-state index contributed by atoms with van der Waals surface area (Å²) in [5, 5.41) is 15.8. The number of nitrogens with one attached hydrogen (secondary N) is 2. The molecule has 0 spiro atoms. The first kappa shape index (κ1) is 18.5. The molecule has 1 unspecified atom stereocenters. The molecule has 1 atom stereocenters. The number of rotatable bonds is 9. The van der Waals surface area contributed by atoms with Gasteiger partial charge >= 0.3 is 0 Å². The maximum absolute atomic E-state index is 9.13. The fourth-order valence-electron chi connectivity index (χ4n) is 2.39. The van der Waals surface area contributed by atoms with Crippen LogP contribution in [0.25, 0.3) is 0 Å². The first-order valence-electron chi connectivity index (χ1n) is 8.38. The molecule has 0 saturated carbocycles. The van der Waals surface area contributed by atoms with E-state index in [2.05, 4.69) is 60.7 Å². The summed E-state index contributed by atoms with van der Waals surface area (Å²) in [6.45, 7) is 8.97. The zero-order valence-corrected chi connectivity index (χ0v) is 14.2. The van der Waals surface area contributed by atoms with Crippen LogP contribution in [0.15, 0.2) is 29.3 Å². The molecular formula is C18H31N3O. The van der Waals surface area contributed by atoms with Crippen LogP contribution < -0.4 is 10.6 Å². The van der Waals surface area contributed by atoms with Crippen LogP contribution in [0, 0.1) is 12.8 Å². The summed E-state index contributed by atoms with van der Waals surface area (Å²) in [5.41, 5.74) is 2.48. The van der Waals surface area contributed by atoms with E-state index in [1.807, 2.05) is 0 Å². The largest absolute Gasteiger partial charge is 0.396 e. The predicted molar refractivity (Wildman–Crippen MR) is 94.1 cm³/mol. The van der Waals surface area contributed by atoms with E-state index in [1.165, 1.54) is 11.1 Å². The van der Waals surface area contributed by atoms with Crippen molar-refractivity contribution < 1.29 is 5.11 Å². The van der Waals surface area contributed by atoms with Crippen molar-refractivity contribution in [3.63, 3.8) is 0 Å². The summed E-state index contributed by atoms with van der Waals surface area (Å²) < 4.78 is 0. The van der Waals surface area contributed by atoms with Gasteiger partial charge in [0.1, 0.15) is 0 Å². The number of aliphatic hydroxyl groups is 1. The van der Waals surface area contributed by atoms with Crippen LogP contribution in [-0.4, -0.2) is 30.8 Å². The minimum atomic E-state index is 0.253. The molecule has 0 radical (unpaired) electrons. The van der Waals surface area contributed by atoms with E-state index < -0.39 is 0 Å². The van der Waals surface area contributed by atoms with Gasteiger partial charge in [0.25, 0.3) is 0 Å². The molecule has 0 aliphatic heterocycles. The van der Waals surface area contributed by atoms with Gasteiger partial charge in [-0.05, 0) is 38.2 Å². The second kappa shape index (κ2) is 11.1. The number of aliphatic imine (C=N–C) groups is 1. The highest BCUT2D eigenvalue weighted by molar-refractivity contribution is 5.79. The van der Waals surface area contributed by atoms with Crippen molar-refractivity contribution in [1.82, 2.24) is 10.6 Å². The van der Waals surface area contributed by atoms with E-state index >= 15 is 0 Å². The molecule has 0 aliphatic rings. The van der Waals surface area contributed by atoms with Crippen LogP contribution in [0.1, 0.15) is 44.2 Å². The standard InChI is InChI=1S/C18H31N3O/c1-4-6-16(11-12-22)13-20-18(19-5-2)21-14-17-9-7-15(3)8-10-17/h7-10,16,22H,4-6,11-14H2,1-3H3,(H2,19,20,21). The van der Waals surface area contributed by atoms with Crippen molar-refractivity contribution in [2.45, 2.75) is 46.6 Å². The Morgan fingerprint density at radius 2 is 1.86 bits per heavy atom. The summed E-state index contributed by atoms with van der Waals surface area (Å²) in [6.07, 6.45) is 3.12. The van der Waals surface area contributed by atoms with Crippen molar-refractivity contribution in [3.8, 4) is 0 Å². The molecule has 0 bridgehead atoms. The van der Waals surface area contributed by atoms with E-state index in [-0.39, 0.29) is 6.61 Å². The first-order chi connectivity index (χ1) is 10.7. The molecule has 0 saturated heterocycles. The van der Waals surface area contributed by atoms with E-state index in [0.29, 0.717) is 12.5 Å². The van der Waals surface area contributed by atoms with Gasteiger partial charge in [0, 0.05) is 19.7 Å². The van der Waals surface area contributed by atoms with Crippen LogP contribution in [0.4, 0.5) is 0 Å². The Labute approximate surface area is 135 Å². The van der Waals surface area contributed by atoms with Crippen molar-refractivity contribution >= 4 is 5.96 Å². The van der Waals surface area contributed by atoms with Gasteiger partial charge in [-0.15, -0.1) is 0 Å². The molecule has 3 N–H and O–H groups in total. The number of hydrogen-bond acceptors (Lipinski definition) is 2.